The van der Waals surface area contributed by atoms with Gasteiger partial charge in [-0.3, -0.25) is 4.79 Å². The van der Waals surface area contributed by atoms with E-state index >= 15 is 0 Å². The lowest BCUT2D eigenvalue weighted by Crippen LogP contribution is -2.12. The van der Waals surface area contributed by atoms with Gasteiger partial charge in [-0.2, -0.15) is 0 Å². The first-order chi connectivity index (χ1) is 14.2. The van der Waals surface area contributed by atoms with E-state index < -0.39 is 0 Å². The van der Waals surface area contributed by atoms with Crippen LogP contribution in [0.2, 0.25) is 0 Å². The topological polar surface area (TPSA) is 89.3 Å². The predicted octanol–water partition coefficient (Wildman–Crippen LogP) is 5.17. The Balaban J connectivity index is 1.52. The Morgan fingerprint density at radius 3 is 2.55 bits per heavy atom. The molecule has 0 atom stereocenters. The van der Waals surface area contributed by atoms with Crippen LogP contribution in [0.1, 0.15) is 16.1 Å². The second kappa shape index (κ2) is 8.26. The lowest BCUT2D eigenvalue weighted by Gasteiger charge is -2.13. The van der Waals surface area contributed by atoms with E-state index in [1.54, 1.807) is 31.3 Å². The van der Waals surface area contributed by atoms with Crippen molar-refractivity contribution >= 4 is 23.2 Å². The Labute approximate surface area is 167 Å². The summed E-state index contributed by atoms with van der Waals surface area (Å²) < 4.78 is 10.9. The van der Waals surface area contributed by atoms with Crippen molar-refractivity contribution in [3.8, 4) is 11.5 Å². The third kappa shape index (κ3) is 4.59. The minimum atomic E-state index is -0.308. The van der Waals surface area contributed by atoms with Gasteiger partial charge in [0.05, 0.1) is 5.69 Å². The van der Waals surface area contributed by atoms with Crippen LogP contribution in [0.4, 0.5) is 17.3 Å². The second-order valence-electron chi connectivity index (χ2n) is 6.24. The average molecular weight is 386 g/mol. The number of rotatable bonds is 6. The molecular formula is C22H18N4O3. The first-order valence-electron chi connectivity index (χ1n) is 8.97. The van der Waals surface area contributed by atoms with Crippen molar-refractivity contribution in [2.75, 3.05) is 10.6 Å². The number of para-hydroxylation sites is 3. The molecule has 0 bridgehead atoms. The molecule has 7 nitrogen and oxygen atoms in total. The number of carbonyl (C=O) groups is 1. The third-order valence-corrected chi connectivity index (χ3v) is 4.01. The van der Waals surface area contributed by atoms with Gasteiger partial charge in [0.25, 0.3) is 5.91 Å². The largest absolute Gasteiger partial charge is 0.455 e. The normalized spacial score (nSPS) is 10.4. The van der Waals surface area contributed by atoms with Crippen LogP contribution in [-0.4, -0.2) is 16.0 Å². The molecule has 0 spiro atoms. The molecule has 2 aromatic heterocycles. The maximum atomic E-state index is 12.5. The van der Waals surface area contributed by atoms with Crippen LogP contribution < -0.4 is 15.4 Å². The van der Waals surface area contributed by atoms with Crippen molar-refractivity contribution in [3.05, 3.63) is 90.3 Å². The SMILES string of the molecule is Cc1cc(NC(=O)c2ccnc(Nc3ccccc3Oc3ccccc3)c2)no1. The summed E-state index contributed by atoms with van der Waals surface area (Å²) in [7, 11) is 0. The molecule has 2 N–H and O–H groups in total. The van der Waals surface area contributed by atoms with Crippen LogP contribution in [0.5, 0.6) is 11.5 Å². The quantitative estimate of drug-likeness (QED) is 0.475. The van der Waals surface area contributed by atoms with E-state index in [2.05, 4.69) is 20.8 Å². The highest BCUT2D eigenvalue weighted by Gasteiger charge is 2.11. The maximum Gasteiger partial charge on any atom is 0.257 e. The maximum absolute atomic E-state index is 12.5. The Kier molecular flexibility index (Phi) is 5.20. The zero-order valence-electron chi connectivity index (χ0n) is 15.6. The molecular weight excluding hydrogens is 368 g/mol. The van der Waals surface area contributed by atoms with Crippen molar-refractivity contribution in [1.82, 2.24) is 10.1 Å². The van der Waals surface area contributed by atoms with E-state index in [9.17, 15) is 4.79 Å². The zero-order valence-corrected chi connectivity index (χ0v) is 15.6. The van der Waals surface area contributed by atoms with Crippen molar-refractivity contribution in [2.24, 2.45) is 0 Å². The molecule has 0 radical (unpaired) electrons. The fraction of sp³-hybridized carbons (Fsp3) is 0.0455. The Morgan fingerprint density at radius 1 is 0.966 bits per heavy atom. The van der Waals surface area contributed by atoms with Crippen molar-refractivity contribution < 1.29 is 14.1 Å². The second-order valence-corrected chi connectivity index (χ2v) is 6.24. The number of aromatic nitrogens is 2. The summed E-state index contributed by atoms with van der Waals surface area (Å²) in [6, 6.07) is 22.0. The zero-order chi connectivity index (χ0) is 20.1. The van der Waals surface area contributed by atoms with Crippen LogP contribution in [0.25, 0.3) is 0 Å². The number of nitrogens with zero attached hydrogens (tertiary/aromatic N) is 2. The summed E-state index contributed by atoms with van der Waals surface area (Å²) in [6.45, 7) is 1.76. The van der Waals surface area contributed by atoms with Gasteiger partial charge in [-0.15, -0.1) is 0 Å². The van der Waals surface area contributed by atoms with Gasteiger partial charge in [0.1, 0.15) is 17.3 Å². The number of carbonyl (C=O) groups excluding carboxylic acids is 1. The number of nitrogens with one attached hydrogen (secondary N) is 2. The molecule has 0 fully saturated rings. The number of amides is 1. The van der Waals surface area contributed by atoms with E-state index in [0.717, 1.165) is 11.4 Å². The minimum absolute atomic E-state index is 0.308. The molecule has 2 heterocycles. The van der Waals surface area contributed by atoms with Crippen LogP contribution in [0.15, 0.2) is 83.5 Å². The molecule has 0 unspecified atom stereocenters. The first kappa shape index (κ1) is 18.2. The smallest absolute Gasteiger partial charge is 0.257 e. The highest BCUT2D eigenvalue weighted by Crippen LogP contribution is 2.31. The van der Waals surface area contributed by atoms with Gasteiger partial charge in [0.2, 0.25) is 0 Å². The van der Waals surface area contributed by atoms with E-state index in [1.807, 2.05) is 54.6 Å². The van der Waals surface area contributed by atoms with E-state index in [1.165, 1.54) is 0 Å². The number of benzene rings is 2. The summed E-state index contributed by atoms with van der Waals surface area (Å²) in [5.41, 5.74) is 1.16. The Bertz CT molecular complexity index is 1130. The molecule has 29 heavy (non-hydrogen) atoms. The molecule has 7 heteroatoms. The summed E-state index contributed by atoms with van der Waals surface area (Å²) in [4.78, 5) is 16.8. The van der Waals surface area contributed by atoms with Crippen LogP contribution in [-0.2, 0) is 0 Å². The fourth-order valence-electron chi connectivity index (χ4n) is 2.67. The summed E-state index contributed by atoms with van der Waals surface area (Å²) in [5.74, 6) is 2.56. The number of hydrogen-bond donors (Lipinski definition) is 2. The first-order valence-corrected chi connectivity index (χ1v) is 8.97. The monoisotopic (exact) mass is 386 g/mol. The summed E-state index contributed by atoms with van der Waals surface area (Å²) in [5, 5.41) is 9.66. The lowest BCUT2D eigenvalue weighted by atomic mass is 10.2. The van der Waals surface area contributed by atoms with Crippen LogP contribution in [0.3, 0.4) is 0 Å². The highest BCUT2D eigenvalue weighted by atomic mass is 16.5. The number of pyridine rings is 1. The molecule has 0 aliphatic carbocycles. The van der Waals surface area contributed by atoms with Gasteiger partial charge in [0.15, 0.2) is 11.6 Å². The number of aryl methyl sites for hydroxylation is 1. The van der Waals surface area contributed by atoms with Gasteiger partial charge in [-0.25, -0.2) is 4.98 Å². The standard InChI is InChI=1S/C22H18N4O3/c1-15-13-21(26-29-15)25-22(27)16-11-12-23-20(14-16)24-18-9-5-6-10-19(18)28-17-7-3-2-4-8-17/h2-14H,1H3,(H,23,24)(H,25,26,27). The minimum Gasteiger partial charge on any atom is -0.455 e. The van der Waals surface area contributed by atoms with Crippen LogP contribution >= 0.6 is 0 Å². The fourth-order valence-corrected chi connectivity index (χ4v) is 2.67. The average Bonchev–Trinajstić information content (AvgIpc) is 3.15. The van der Waals surface area contributed by atoms with E-state index in [-0.39, 0.29) is 5.91 Å². The van der Waals surface area contributed by atoms with Gasteiger partial charge in [-0.05, 0) is 43.3 Å². The Morgan fingerprint density at radius 2 is 1.76 bits per heavy atom. The van der Waals surface area contributed by atoms with Crippen molar-refractivity contribution in [1.29, 1.82) is 0 Å². The summed E-state index contributed by atoms with van der Waals surface area (Å²) >= 11 is 0. The van der Waals surface area contributed by atoms with Gasteiger partial charge >= 0.3 is 0 Å². The van der Waals surface area contributed by atoms with Gasteiger partial charge in [-0.1, -0.05) is 35.5 Å². The number of hydrogen-bond acceptors (Lipinski definition) is 6. The highest BCUT2D eigenvalue weighted by molar-refractivity contribution is 6.04. The third-order valence-electron chi connectivity index (χ3n) is 4.01. The lowest BCUT2D eigenvalue weighted by molar-refractivity contribution is 0.102. The van der Waals surface area contributed by atoms with Gasteiger partial charge < -0.3 is 19.9 Å². The van der Waals surface area contributed by atoms with E-state index in [0.29, 0.717) is 28.7 Å². The van der Waals surface area contributed by atoms with Crippen LogP contribution in [0, 0.1) is 6.92 Å². The predicted molar refractivity (Wildman–Crippen MR) is 110 cm³/mol. The Hall–Kier alpha value is -4.13. The number of ether oxygens (including phenoxy) is 1. The molecule has 4 rings (SSSR count). The summed E-state index contributed by atoms with van der Waals surface area (Å²) in [6.07, 6.45) is 1.56. The molecule has 0 saturated heterocycles. The molecule has 0 aliphatic rings. The molecule has 4 aromatic rings. The number of anilines is 3. The molecule has 144 valence electrons. The molecule has 2 aromatic carbocycles. The van der Waals surface area contributed by atoms with E-state index in [4.69, 9.17) is 9.26 Å². The van der Waals surface area contributed by atoms with Crippen molar-refractivity contribution in [2.45, 2.75) is 6.92 Å². The molecule has 0 aliphatic heterocycles. The molecule has 0 saturated carbocycles. The van der Waals surface area contributed by atoms with Crippen molar-refractivity contribution in [3.63, 3.8) is 0 Å². The van der Waals surface area contributed by atoms with Gasteiger partial charge in [0, 0.05) is 17.8 Å². The molecule has 1 amide bonds.